The van der Waals surface area contributed by atoms with E-state index in [2.05, 4.69) is 10.6 Å². The smallest absolute Gasteiger partial charge is 0.319 e. The van der Waals surface area contributed by atoms with Crippen molar-refractivity contribution in [3.8, 4) is 11.5 Å². The molecule has 5 heteroatoms. The van der Waals surface area contributed by atoms with Gasteiger partial charge in [0.1, 0.15) is 11.5 Å². The molecule has 0 heterocycles. The highest BCUT2D eigenvalue weighted by molar-refractivity contribution is 5.89. The standard InChI is InChI=1S/C16H18N2O3/c1-20-14-8-13(9-15(10-14)21-2)18-16(19)17-11-12-6-4-3-5-7-12/h3-10H,11H2,1-2H3,(H2,17,18,19). The van der Waals surface area contributed by atoms with Gasteiger partial charge in [0.2, 0.25) is 0 Å². The second kappa shape index (κ2) is 7.19. The molecule has 0 fully saturated rings. The van der Waals surface area contributed by atoms with Crippen LogP contribution in [0.15, 0.2) is 48.5 Å². The Hall–Kier alpha value is -2.69. The van der Waals surface area contributed by atoms with Crippen molar-refractivity contribution in [2.24, 2.45) is 0 Å². The summed E-state index contributed by atoms with van der Waals surface area (Å²) in [6.07, 6.45) is 0. The molecular formula is C16H18N2O3. The fourth-order valence-electron chi connectivity index (χ4n) is 1.83. The van der Waals surface area contributed by atoms with Gasteiger partial charge in [-0.05, 0) is 5.56 Å². The van der Waals surface area contributed by atoms with E-state index in [0.29, 0.717) is 23.7 Å². The van der Waals surface area contributed by atoms with Crippen LogP contribution >= 0.6 is 0 Å². The molecule has 110 valence electrons. The van der Waals surface area contributed by atoms with Gasteiger partial charge in [-0.25, -0.2) is 4.79 Å². The number of hydrogen-bond donors (Lipinski definition) is 2. The lowest BCUT2D eigenvalue weighted by atomic mass is 10.2. The highest BCUT2D eigenvalue weighted by atomic mass is 16.5. The van der Waals surface area contributed by atoms with E-state index in [0.717, 1.165) is 5.56 Å². The number of carbonyl (C=O) groups excluding carboxylic acids is 1. The van der Waals surface area contributed by atoms with Crippen molar-refractivity contribution in [1.82, 2.24) is 5.32 Å². The molecule has 0 bridgehead atoms. The lowest BCUT2D eigenvalue weighted by molar-refractivity contribution is 0.251. The second-order valence-corrected chi connectivity index (χ2v) is 4.39. The van der Waals surface area contributed by atoms with Crippen LogP contribution in [0.25, 0.3) is 0 Å². The summed E-state index contributed by atoms with van der Waals surface area (Å²) in [5.74, 6) is 1.24. The zero-order chi connectivity index (χ0) is 15.1. The predicted molar refractivity (Wildman–Crippen MR) is 81.8 cm³/mol. The third-order valence-electron chi connectivity index (χ3n) is 2.91. The number of urea groups is 1. The fourth-order valence-corrected chi connectivity index (χ4v) is 1.83. The molecular weight excluding hydrogens is 268 g/mol. The van der Waals surface area contributed by atoms with E-state index >= 15 is 0 Å². The summed E-state index contributed by atoms with van der Waals surface area (Å²) < 4.78 is 10.3. The van der Waals surface area contributed by atoms with E-state index in [9.17, 15) is 4.79 Å². The molecule has 0 unspecified atom stereocenters. The summed E-state index contributed by atoms with van der Waals surface area (Å²) in [5.41, 5.74) is 1.65. The van der Waals surface area contributed by atoms with Gasteiger partial charge < -0.3 is 20.1 Å². The molecule has 2 aromatic rings. The van der Waals surface area contributed by atoms with Crippen molar-refractivity contribution >= 4 is 11.7 Å². The number of hydrogen-bond acceptors (Lipinski definition) is 3. The van der Waals surface area contributed by atoms with Gasteiger partial charge in [-0.1, -0.05) is 30.3 Å². The van der Waals surface area contributed by atoms with Crippen LogP contribution in [0.2, 0.25) is 0 Å². The molecule has 0 saturated carbocycles. The first kappa shape index (κ1) is 14.7. The molecule has 0 radical (unpaired) electrons. The maximum absolute atomic E-state index is 11.9. The number of benzene rings is 2. The fraction of sp³-hybridized carbons (Fsp3) is 0.188. The average Bonchev–Trinajstić information content (AvgIpc) is 2.53. The summed E-state index contributed by atoms with van der Waals surface area (Å²) in [6, 6.07) is 14.6. The van der Waals surface area contributed by atoms with Gasteiger partial charge in [0.25, 0.3) is 0 Å². The predicted octanol–water partition coefficient (Wildman–Crippen LogP) is 3.03. The molecule has 2 aromatic carbocycles. The number of nitrogens with one attached hydrogen (secondary N) is 2. The number of anilines is 1. The Bertz CT molecular complexity index is 577. The summed E-state index contributed by atoms with van der Waals surface area (Å²) in [6.45, 7) is 0.466. The Morgan fingerprint density at radius 1 is 1.00 bits per heavy atom. The van der Waals surface area contributed by atoms with Crippen molar-refractivity contribution in [2.75, 3.05) is 19.5 Å². The van der Waals surface area contributed by atoms with Crippen LogP contribution in [0.3, 0.4) is 0 Å². The molecule has 2 amide bonds. The number of methoxy groups -OCH3 is 2. The molecule has 0 aliphatic rings. The Labute approximate surface area is 123 Å². The van der Waals surface area contributed by atoms with Gasteiger partial charge in [-0.3, -0.25) is 0 Å². The molecule has 2 rings (SSSR count). The van der Waals surface area contributed by atoms with E-state index in [1.165, 1.54) is 0 Å². The van der Waals surface area contributed by atoms with E-state index in [-0.39, 0.29) is 6.03 Å². The highest BCUT2D eigenvalue weighted by Crippen LogP contribution is 2.25. The highest BCUT2D eigenvalue weighted by Gasteiger charge is 2.05. The largest absolute Gasteiger partial charge is 0.497 e. The molecule has 2 N–H and O–H groups in total. The molecule has 0 aromatic heterocycles. The van der Waals surface area contributed by atoms with Gasteiger partial charge in [0.05, 0.1) is 14.2 Å². The van der Waals surface area contributed by atoms with Crippen LogP contribution in [0.5, 0.6) is 11.5 Å². The third kappa shape index (κ3) is 4.42. The molecule has 0 spiro atoms. The molecule has 0 aliphatic carbocycles. The zero-order valence-corrected chi connectivity index (χ0v) is 12.1. The first-order valence-corrected chi connectivity index (χ1v) is 6.53. The van der Waals surface area contributed by atoms with Gasteiger partial charge in [-0.15, -0.1) is 0 Å². The molecule has 21 heavy (non-hydrogen) atoms. The first-order valence-electron chi connectivity index (χ1n) is 6.53. The normalized spacial score (nSPS) is 9.81. The van der Waals surface area contributed by atoms with E-state index in [1.54, 1.807) is 32.4 Å². The van der Waals surface area contributed by atoms with Crippen molar-refractivity contribution < 1.29 is 14.3 Å². The van der Waals surface area contributed by atoms with Gasteiger partial charge in [0, 0.05) is 30.4 Å². The lowest BCUT2D eigenvalue weighted by Gasteiger charge is -2.11. The number of carbonyl (C=O) groups is 1. The SMILES string of the molecule is COc1cc(NC(=O)NCc2ccccc2)cc(OC)c1. The topological polar surface area (TPSA) is 59.6 Å². The van der Waals surface area contributed by atoms with Crippen molar-refractivity contribution in [1.29, 1.82) is 0 Å². The minimum Gasteiger partial charge on any atom is -0.497 e. The maximum atomic E-state index is 11.9. The van der Waals surface area contributed by atoms with Crippen molar-refractivity contribution in [3.63, 3.8) is 0 Å². The third-order valence-corrected chi connectivity index (χ3v) is 2.91. The van der Waals surface area contributed by atoms with E-state index < -0.39 is 0 Å². The average molecular weight is 286 g/mol. The number of amides is 2. The second-order valence-electron chi connectivity index (χ2n) is 4.39. The Balaban J connectivity index is 1.96. The van der Waals surface area contributed by atoms with Gasteiger partial charge in [0.15, 0.2) is 0 Å². The van der Waals surface area contributed by atoms with E-state index in [1.807, 2.05) is 30.3 Å². The molecule has 5 nitrogen and oxygen atoms in total. The van der Waals surface area contributed by atoms with Crippen LogP contribution in [-0.2, 0) is 6.54 Å². The van der Waals surface area contributed by atoms with Crippen LogP contribution < -0.4 is 20.1 Å². The number of rotatable bonds is 5. The monoisotopic (exact) mass is 286 g/mol. The first-order chi connectivity index (χ1) is 10.2. The minimum atomic E-state index is -0.283. The maximum Gasteiger partial charge on any atom is 0.319 e. The summed E-state index contributed by atoms with van der Waals surface area (Å²) >= 11 is 0. The lowest BCUT2D eigenvalue weighted by Crippen LogP contribution is -2.28. The summed E-state index contributed by atoms with van der Waals surface area (Å²) in [7, 11) is 3.13. The Kier molecular flexibility index (Phi) is 5.04. The molecule has 0 aliphatic heterocycles. The Morgan fingerprint density at radius 3 is 2.19 bits per heavy atom. The van der Waals surface area contributed by atoms with Gasteiger partial charge in [-0.2, -0.15) is 0 Å². The summed E-state index contributed by atoms with van der Waals surface area (Å²) in [4.78, 5) is 11.9. The van der Waals surface area contributed by atoms with Crippen LogP contribution in [0.1, 0.15) is 5.56 Å². The van der Waals surface area contributed by atoms with Gasteiger partial charge >= 0.3 is 6.03 Å². The molecule has 0 atom stereocenters. The van der Waals surface area contributed by atoms with Crippen LogP contribution in [0.4, 0.5) is 10.5 Å². The van der Waals surface area contributed by atoms with E-state index in [4.69, 9.17) is 9.47 Å². The molecule has 0 saturated heterocycles. The van der Waals surface area contributed by atoms with Crippen LogP contribution in [0, 0.1) is 0 Å². The number of ether oxygens (including phenoxy) is 2. The van der Waals surface area contributed by atoms with Crippen molar-refractivity contribution in [3.05, 3.63) is 54.1 Å². The van der Waals surface area contributed by atoms with Crippen molar-refractivity contribution in [2.45, 2.75) is 6.54 Å². The van der Waals surface area contributed by atoms with Crippen LogP contribution in [-0.4, -0.2) is 20.3 Å². The Morgan fingerprint density at radius 2 is 1.62 bits per heavy atom. The summed E-state index contributed by atoms with van der Waals surface area (Å²) in [5, 5.41) is 5.54. The zero-order valence-electron chi connectivity index (χ0n) is 12.1. The minimum absolute atomic E-state index is 0.283. The quantitative estimate of drug-likeness (QED) is 0.888.